The first-order chi connectivity index (χ1) is 9.28. The van der Waals surface area contributed by atoms with E-state index in [0.717, 1.165) is 51.4 Å². The second-order valence-electron chi connectivity index (χ2n) is 6.54. The van der Waals surface area contributed by atoms with Crippen molar-refractivity contribution in [2.75, 3.05) is 0 Å². The molecular weight excluding hydrogens is 261 g/mol. The van der Waals surface area contributed by atoms with Crippen molar-refractivity contribution in [1.82, 2.24) is 0 Å². The first kappa shape index (κ1) is 19.8. The Balaban J connectivity index is 4.49. The number of unbranched alkanes of at least 4 members (excludes halogenated alkanes) is 6. The highest BCUT2D eigenvalue weighted by Crippen LogP contribution is 2.46. The van der Waals surface area contributed by atoms with E-state index < -0.39 is 17.5 Å². The van der Waals surface area contributed by atoms with E-state index in [0.29, 0.717) is 12.8 Å². The van der Waals surface area contributed by atoms with Crippen LogP contribution in [0.15, 0.2) is 0 Å². The Morgan fingerprint density at radius 3 is 1.45 bits per heavy atom. The number of halogens is 3. The third-order valence-corrected chi connectivity index (χ3v) is 4.74. The molecule has 0 aliphatic carbocycles. The van der Waals surface area contributed by atoms with Crippen molar-refractivity contribution in [3.63, 3.8) is 0 Å². The second kappa shape index (κ2) is 9.68. The molecule has 0 aliphatic rings. The van der Waals surface area contributed by atoms with Gasteiger partial charge < -0.3 is 0 Å². The van der Waals surface area contributed by atoms with Gasteiger partial charge in [0.2, 0.25) is 0 Å². The summed E-state index contributed by atoms with van der Waals surface area (Å²) < 4.78 is 39.3. The van der Waals surface area contributed by atoms with Crippen molar-refractivity contribution >= 4 is 0 Å². The normalized spacial score (nSPS) is 14.6. The molecule has 0 nitrogen and oxygen atoms in total. The molecule has 1 atom stereocenters. The van der Waals surface area contributed by atoms with Crippen molar-refractivity contribution in [2.45, 2.75) is 98.1 Å². The number of hydrogen-bond acceptors (Lipinski definition) is 0. The maximum absolute atomic E-state index is 13.1. The van der Waals surface area contributed by atoms with Gasteiger partial charge in [-0.25, -0.2) is 0 Å². The first-order valence-corrected chi connectivity index (χ1v) is 8.34. The molecule has 0 aromatic carbocycles. The minimum atomic E-state index is -4.07. The fraction of sp³-hybridized carbons (Fsp3) is 1.00. The van der Waals surface area contributed by atoms with Crippen molar-refractivity contribution in [2.24, 2.45) is 11.3 Å². The first-order valence-electron chi connectivity index (χ1n) is 8.34. The molecule has 0 heterocycles. The summed E-state index contributed by atoms with van der Waals surface area (Å²) in [5, 5.41) is 0. The summed E-state index contributed by atoms with van der Waals surface area (Å²) >= 11 is 0. The van der Waals surface area contributed by atoms with Crippen LogP contribution >= 0.6 is 0 Å². The molecule has 1 unspecified atom stereocenters. The van der Waals surface area contributed by atoms with Gasteiger partial charge in [0.25, 0.3) is 0 Å². The molecule has 0 aliphatic heterocycles. The van der Waals surface area contributed by atoms with Gasteiger partial charge >= 0.3 is 6.18 Å². The summed E-state index contributed by atoms with van der Waals surface area (Å²) in [6, 6.07) is 0. The highest BCUT2D eigenvalue weighted by atomic mass is 19.4. The SMILES string of the molecule is CCCCCCC(C)(CCCCCC)C(C)C(F)(F)F. The lowest BCUT2D eigenvalue weighted by Gasteiger charge is -2.37. The fourth-order valence-electron chi connectivity index (χ4n) is 2.86. The highest BCUT2D eigenvalue weighted by molar-refractivity contribution is 4.84. The zero-order valence-corrected chi connectivity index (χ0v) is 13.8. The number of alkyl halides is 3. The summed E-state index contributed by atoms with van der Waals surface area (Å²) in [7, 11) is 0. The Morgan fingerprint density at radius 2 is 1.15 bits per heavy atom. The molecule has 0 fully saturated rings. The minimum Gasteiger partial charge on any atom is -0.171 e. The quantitative estimate of drug-likeness (QED) is 0.355. The van der Waals surface area contributed by atoms with Gasteiger partial charge in [-0.15, -0.1) is 0 Å². The molecule has 3 heteroatoms. The van der Waals surface area contributed by atoms with Gasteiger partial charge in [-0.3, -0.25) is 0 Å². The second-order valence-corrected chi connectivity index (χ2v) is 6.54. The molecule has 0 spiro atoms. The van der Waals surface area contributed by atoms with E-state index in [4.69, 9.17) is 0 Å². The molecule has 0 N–H and O–H groups in total. The summed E-state index contributed by atoms with van der Waals surface area (Å²) in [6.07, 6.45) is 5.85. The van der Waals surface area contributed by atoms with Gasteiger partial charge in [-0.1, -0.05) is 79.1 Å². The highest BCUT2D eigenvalue weighted by Gasteiger charge is 2.46. The van der Waals surface area contributed by atoms with Crippen LogP contribution in [-0.2, 0) is 0 Å². The summed E-state index contributed by atoms with van der Waals surface area (Å²) in [6.45, 7) is 7.48. The molecule has 0 bridgehead atoms. The van der Waals surface area contributed by atoms with Gasteiger partial charge in [0.15, 0.2) is 0 Å². The van der Waals surface area contributed by atoms with Gasteiger partial charge in [-0.2, -0.15) is 13.2 Å². The third kappa shape index (κ3) is 7.54. The lowest BCUT2D eigenvalue weighted by Crippen LogP contribution is -2.36. The van der Waals surface area contributed by atoms with Gasteiger partial charge in [0.1, 0.15) is 0 Å². The molecule has 0 aromatic rings. The zero-order chi connectivity index (χ0) is 15.6. The fourth-order valence-corrected chi connectivity index (χ4v) is 2.86. The molecule has 20 heavy (non-hydrogen) atoms. The number of rotatable bonds is 11. The maximum atomic E-state index is 13.1. The van der Waals surface area contributed by atoms with Crippen LogP contribution in [0.25, 0.3) is 0 Å². The van der Waals surface area contributed by atoms with Gasteiger partial charge in [0.05, 0.1) is 5.92 Å². The predicted molar refractivity (Wildman–Crippen MR) is 80.8 cm³/mol. The standard InChI is InChI=1S/C17H33F3/c1-5-7-9-11-13-16(4,14-12-10-8-6-2)15(3)17(18,19)20/h15H,5-14H2,1-4H3. The Hall–Kier alpha value is -0.210. The monoisotopic (exact) mass is 294 g/mol. The van der Waals surface area contributed by atoms with Crippen LogP contribution in [0, 0.1) is 11.3 Å². The van der Waals surface area contributed by atoms with Crippen molar-refractivity contribution < 1.29 is 13.2 Å². The minimum absolute atomic E-state index is 0.584. The molecule has 122 valence electrons. The van der Waals surface area contributed by atoms with E-state index in [9.17, 15) is 13.2 Å². The molecule has 0 radical (unpaired) electrons. The molecule has 0 aromatic heterocycles. The van der Waals surface area contributed by atoms with E-state index in [1.54, 1.807) is 0 Å². The summed E-state index contributed by atoms with van der Waals surface area (Å²) in [4.78, 5) is 0. The van der Waals surface area contributed by atoms with Gasteiger partial charge in [-0.05, 0) is 18.3 Å². The average molecular weight is 294 g/mol. The molecule has 0 saturated heterocycles. The van der Waals surface area contributed by atoms with E-state index >= 15 is 0 Å². The number of hydrogen-bond donors (Lipinski definition) is 0. The smallest absolute Gasteiger partial charge is 0.171 e. The molecule has 0 rings (SSSR count). The summed E-state index contributed by atoms with van der Waals surface area (Å²) in [5.41, 5.74) is -0.584. The largest absolute Gasteiger partial charge is 0.392 e. The molecule has 0 saturated carbocycles. The zero-order valence-electron chi connectivity index (χ0n) is 13.8. The Labute approximate surface area is 123 Å². The van der Waals surface area contributed by atoms with Crippen LogP contribution in [-0.4, -0.2) is 6.18 Å². The van der Waals surface area contributed by atoms with Crippen LogP contribution in [0.3, 0.4) is 0 Å². The van der Waals surface area contributed by atoms with Crippen LogP contribution in [0.1, 0.15) is 91.9 Å². The van der Waals surface area contributed by atoms with Crippen molar-refractivity contribution in [3.05, 3.63) is 0 Å². The molecular formula is C17H33F3. The Kier molecular flexibility index (Phi) is 9.58. The van der Waals surface area contributed by atoms with Crippen LogP contribution in [0.4, 0.5) is 13.2 Å². The van der Waals surface area contributed by atoms with E-state index in [2.05, 4.69) is 13.8 Å². The van der Waals surface area contributed by atoms with E-state index in [1.165, 1.54) is 6.92 Å². The van der Waals surface area contributed by atoms with Gasteiger partial charge in [0, 0.05) is 0 Å². The average Bonchev–Trinajstić information content (AvgIpc) is 2.38. The Morgan fingerprint density at radius 1 is 0.750 bits per heavy atom. The van der Waals surface area contributed by atoms with Crippen molar-refractivity contribution in [1.29, 1.82) is 0 Å². The summed E-state index contributed by atoms with van der Waals surface area (Å²) in [5.74, 6) is -1.20. The van der Waals surface area contributed by atoms with E-state index in [-0.39, 0.29) is 0 Å². The van der Waals surface area contributed by atoms with Crippen LogP contribution in [0.5, 0.6) is 0 Å². The van der Waals surface area contributed by atoms with Crippen LogP contribution < -0.4 is 0 Å². The van der Waals surface area contributed by atoms with Crippen molar-refractivity contribution in [3.8, 4) is 0 Å². The maximum Gasteiger partial charge on any atom is 0.392 e. The van der Waals surface area contributed by atoms with Crippen LogP contribution in [0.2, 0.25) is 0 Å². The van der Waals surface area contributed by atoms with E-state index in [1.807, 2.05) is 6.92 Å². The third-order valence-electron chi connectivity index (χ3n) is 4.74. The lowest BCUT2D eigenvalue weighted by molar-refractivity contribution is -0.202. The predicted octanol–water partition coefficient (Wildman–Crippen LogP) is 7.13. The Bertz CT molecular complexity index is 221. The lowest BCUT2D eigenvalue weighted by atomic mass is 9.70. The topological polar surface area (TPSA) is 0 Å². The molecule has 0 amide bonds.